The maximum absolute atomic E-state index is 12.9. The lowest BCUT2D eigenvalue weighted by Gasteiger charge is -2.33. The molecule has 5 heteroatoms. The van der Waals surface area contributed by atoms with Crippen LogP contribution in [0, 0.1) is 5.41 Å². The number of alkyl halides is 3. The Morgan fingerprint density at radius 1 is 1.28 bits per heavy atom. The highest BCUT2D eigenvalue weighted by atomic mass is 19.4. The van der Waals surface area contributed by atoms with Gasteiger partial charge in [0.15, 0.2) is 0 Å². The Labute approximate surface area is 105 Å². The van der Waals surface area contributed by atoms with E-state index in [1.54, 1.807) is 13.8 Å². The molecule has 1 aromatic carbocycles. The molecule has 1 rings (SSSR count). The van der Waals surface area contributed by atoms with Crippen molar-refractivity contribution in [2.75, 3.05) is 6.54 Å². The van der Waals surface area contributed by atoms with Crippen molar-refractivity contribution in [3.8, 4) is 0 Å². The smallest absolute Gasteiger partial charge is 0.388 e. The average molecular weight is 261 g/mol. The van der Waals surface area contributed by atoms with E-state index in [-0.39, 0.29) is 12.1 Å². The average Bonchev–Trinajstić information content (AvgIpc) is 2.36. The summed E-state index contributed by atoms with van der Waals surface area (Å²) in [4.78, 5) is 0. The predicted molar refractivity (Wildman–Crippen MR) is 63.9 cm³/mol. The first-order valence-electron chi connectivity index (χ1n) is 5.80. The molecule has 0 saturated heterocycles. The molecule has 0 bridgehead atoms. The van der Waals surface area contributed by atoms with Gasteiger partial charge in [-0.05, 0) is 18.1 Å². The number of hydrogen-bond donors (Lipinski definition) is 2. The highest BCUT2D eigenvalue weighted by Crippen LogP contribution is 2.41. The molecule has 0 amide bonds. The number of rotatable bonds is 4. The largest absolute Gasteiger partial charge is 0.416 e. The van der Waals surface area contributed by atoms with E-state index in [0.29, 0.717) is 6.42 Å². The van der Waals surface area contributed by atoms with Crippen molar-refractivity contribution >= 4 is 0 Å². The first-order valence-corrected chi connectivity index (χ1v) is 5.80. The summed E-state index contributed by atoms with van der Waals surface area (Å²) in [5.74, 6) is 0. The molecule has 0 aliphatic heterocycles. The van der Waals surface area contributed by atoms with Crippen LogP contribution < -0.4 is 5.73 Å². The van der Waals surface area contributed by atoms with Gasteiger partial charge in [0.2, 0.25) is 0 Å². The van der Waals surface area contributed by atoms with E-state index < -0.39 is 23.3 Å². The number of nitrogens with two attached hydrogens (primary N) is 1. The monoisotopic (exact) mass is 261 g/mol. The third-order valence-electron chi connectivity index (χ3n) is 3.49. The Kier molecular flexibility index (Phi) is 4.40. The molecule has 0 spiro atoms. The SMILES string of the molecule is CCC(C)(CN)C(O)c1ccccc1C(F)(F)F. The molecule has 1 aromatic rings. The normalized spacial score (nSPS) is 17.3. The van der Waals surface area contributed by atoms with Crippen molar-refractivity contribution in [1.29, 1.82) is 0 Å². The molecule has 102 valence electrons. The van der Waals surface area contributed by atoms with E-state index in [1.165, 1.54) is 18.2 Å². The number of hydrogen-bond acceptors (Lipinski definition) is 2. The van der Waals surface area contributed by atoms with Crippen LogP contribution in [-0.4, -0.2) is 11.7 Å². The minimum atomic E-state index is -4.47. The van der Waals surface area contributed by atoms with Gasteiger partial charge in [0, 0.05) is 12.0 Å². The fourth-order valence-electron chi connectivity index (χ4n) is 1.82. The Morgan fingerprint density at radius 2 is 1.83 bits per heavy atom. The van der Waals surface area contributed by atoms with Crippen LogP contribution in [0.1, 0.15) is 37.5 Å². The van der Waals surface area contributed by atoms with Gasteiger partial charge in [-0.3, -0.25) is 0 Å². The summed E-state index contributed by atoms with van der Waals surface area (Å²) in [6.07, 6.45) is -5.21. The van der Waals surface area contributed by atoms with Gasteiger partial charge >= 0.3 is 6.18 Å². The summed E-state index contributed by atoms with van der Waals surface area (Å²) in [7, 11) is 0. The minimum Gasteiger partial charge on any atom is -0.388 e. The first-order chi connectivity index (χ1) is 8.26. The Balaban J connectivity index is 3.25. The molecule has 0 heterocycles. The van der Waals surface area contributed by atoms with Gasteiger partial charge in [0.25, 0.3) is 0 Å². The summed E-state index contributed by atoms with van der Waals surface area (Å²) in [5, 5.41) is 10.2. The van der Waals surface area contributed by atoms with Crippen molar-refractivity contribution < 1.29 is 18.3 Å². The van der Waals surface area contributed by atoms with Crippen LogP contribution in [0.2, 0.25) is 0 Å². The number of halogens is 3. The molecule has 2 unspecified atom stereocenters. The van der Waals surface area contributed by atoms with E-state index in [2.05, 4.69) is 0 Å². The van der Waals surface area contributed by atoms with Gasteiger partial charge in [0.1, 0.15) is 0 Å². The molecule has 0 saturated carbocycles. The maximum atomic E-state index is 12.9. The second-order valence-electron chi connectivity index (χ2n) is 4.70. The second kappa shape index (κ2) is 5.28. The Hall–Kier alpha value is -1.07. The lowest BCUT2D eigenvalue weighted by Crippen LogP contribution is -2.34. The van der Waals surface area contributed by atoms with E-state index in [9.17, 15) is 18.3 Å². The lowest BCUT2D eigenvalue weighted by atomic mass is 9.77. The van der Waals surface area contributed by atoms with Gasteiger partial charge in [0.05, 0.1) is 11.7 Å². The fourth-order valence-corrected chi connectivity index (χ4v) is 1.82. The summed E-state index contributed by atoms with van der Waals surface area (Å²) >= 11 is 0. The van der Waals surface area contributed by atoms with Gasteiger partial charge in [-0.2, -0.15) is 13.2 Å². The van der Waals surface area contributed by atoms with Crippen LogP contribution >= 0.6 is 0 Å². The van der Waals surface area contributed by atoms with E-state index in [0.717, 1.165) is 6.07 Å². The number of aliphatic hydroxyl groups excluding tert-OH is 1. The fraction of sp³-hybridized carbons (Fsp3) is 0.538. The molecule has 0 aliphatic rings. The molecule has 2 atom stereocenters. The lowest BCUT2D eigenvalue weighted by molar-refractivity contribution is -0.140. The van der Waals surface area contributed by atoms with Crippen molar-refractivity contribution in [3.63, 3.8) is 0 Å². The van der Waals surface area contributed by atoms with Gasteiger partial charge in [-0.1, -0.05) is 32.0 Å². The number of aliphatic hydroxyl groups is 1. The third kappa shape index (κ3) is 2.84. The van der Waals surface area contributed by atoms with Crippen molar-refractivity contribution in [2.45, 2.75) is 32.5 Å². The molecule has 18 heavy (non-hydrogen) atoms. The molecular formula is C13H18F3NO. The standard InChI is InChI=1S/C13H18F3NO/c1-3-12(2,8-17)11(18)9-6-4-5-7-10(9)13(14,15)16/h4-7,11,18H,3,8,17H2,1-2H3. The van der Waals surface area contributed by atoms with Crippen molar-refractivity contribution in [1.82, 2.24) is 0 Å². The van der Waals surface area contributed by atoms with E-state index in [1.807, 2.05) is 0 Å². The maximum Gasteiger partial charge on any atom is 0.416 e. The highest BCUT2D eigenvalue weighted by Gasteiger charge is 2.39. The Morgan fingerprint density at radius 3 is 2.28 bits per heavy atom. The summed E-state index contributed by atoms with van der Waals surface area (Å²) < 4.78 is 38.6. The van der Waals surface area contributed by atoms with Crippen LogP contribution in [0.15, 0.2) is 24.3 Å². The second-order valence-corrected chi connectivity index (χ2v) is 4.70. The van der Waals surface area contributed by atoms with Crippen LogP contribution in [0.3, 0.4) is 0 Å². The third-order valence-corrected chi connectivity index (χ3v) is 3.49. The summed E-state index contributed by atoms with van der Waals surface area (Å²) in [5.41, 5.74) is 3.90. The van der Waals surface area contributed by atoms with E-state index >= 15 is 0 Å². The van der Waals surface area contributed by atoms with Gasteiger partial charge in [-0.25, -0.2) is 0 Å². The van der Waals surface area contributed by atoms with Gasteiger partial charge < -0.3 is 10.8 Å². The number of benzene rings is 1. The van der Waals surface area contributed by atoms with Crippen molar-refractivity contribution in [3.05, 3.63) is 35.4 Å². The summed E-state index contributed by atoms with van der Waals surface area (Å²) in [6.45, 7) is 3.61. The molecular weight excluding hydrogens is 243 g/mol. The zero-order chi connectivity index (χ0) is 14.0. The van der Waals surface area contributed by atoms with Crippen LogP contribution in [0.25, 0.3) is 0 Å². The summed E-state index contributed by atoms with van der Waals surface area (Å²) in [6, 6.07) is 5.08. The molecule has 0 radical (unpaired) electrons. The Bertz CT molecular complexity index is 399. The van der Waals surface area contributed by atoms with Crippen LogP contribution in [0.4, 0.5) is 13.2 Å². The van der Waals surface area contributed by atoms with Crippen LogP contribution in [-0.2, 0) is 6.18 Å². The zero-order valence-electron chi connectivity index (χ0n) is 10.5. The quantitative estimate of drug-likeness (QED) is 0.874. The highest BCUT2D eigenvalue weighted by molar-refractivity contribution is 5.32. The molecule has 0 aliphatic carbocycles. The zero-order valence-corrected chi connectivity index (χ0v) is 10.5. The molecule has 3 N–H and O–H groups in total. The van der Waals surface area contributed by atoms with Crippen molar-refractivity contribution in [2.24, 2.45) is 11.1 Å². The van der Waals surface area contributed by atoms with E-state index in [4.69, 9.17) is 5.73 Å². The predicted octanol–water partition coefficient (Wildman–Crippen LogP) is 3.11. The van der Waals surface area contributed by atoms with Gasteiger partial charge in [-0.15, -0.1) is 0 Å². The van der Waals surface area contributed by atoms with Crippen LogP contribution in [0.5, 0.6) is 0 Å². The molecule has 2 nitrogen and oxygen atoms in total. The molecule has 0 aromatic heterocycles. The first kappa shape index (κ1) is 15.0. The topological polar surface area (TPSA) is 46.2 Å². The molecule has 0 fully saturated rings. The minimum absolute atomic E-state index is 0.111.